The average Bonchev–Trinajstić information content (AvgIpc) is 3.66. The second-order valence-corrected chi connectivity index (χ2v) is 14.4. The number of para-hydroxylation sites is 1. The van der Waals surface area contributed by atoms with Gasteiger partial charge in [0.25, 0.3) is 0 Å². The molecule has 0 fully saturated rings. The van der Waals surface area contributed by atoms with Crippen LogP contribution in [0.5, 0.6) is 11.5 Å². The zero-order valence-corrected chi connectivity index (χ0v) is 31.5. The van der Waals surface area contributed by atoms with Crippen molar-refractivity contribution in [1.82, 2.24) is 19.3 Å². The van der Waals surface area contributed by atoms with Crippen LogP contribution >= 0.6 is 0 Å². The van der Waals surface area contributed by atoms with Gasteiger partial charge in [0.15, 0.2) is 0 Å². The Bertz CT molecular complexity index is 2250. The van der Waals surface area contributed by atoms with Crippen LogP contribution in [0.1, 0.15) is 69.2 Å². The third-order valence-electron chi connectivity index (χ3n) is 9.07. The monoisotopic (exact) mass is 825 g/mol. The fourth-order valence-corrected chi connectivity index (χ4v) is 6.59. The molecule has 0 aliphatic heterocycles. The summed E-state index contributed by atoms with van der Waals surface area (Å²) in [6.45, 7) is 15.7. The van der Waals surface area contributed by atoms with Gasteiger partial charge in [-0.3, -0.25) is 4.68 Å². The van der Waals surface area contributed by atoms with E-state index in [0.717, 1.165) is 51.7 Å². The van der Waals surface area contributed by atoms with E-state index in [1.165, 1.54) is 27.8 Å². The van der Waals surface area contributed by atoms with Crippen molar-refractivity contribution < 1.29 is 25.8 Å². The number of rotatable bonds is 8. The second-order valence-electron chi connectivity index (χ2n) is 14.4. The van der Waals surface area contributed by atoms with Crippen molar-refractivity contribution in [1.29, 1.82) is 0 Å². The number of benzene rings is 4. The molecule has 0 radical (unpaired) electrons. The largest absolute Gasteiger partial charge is 2.00 e. The molecule has 0 saturated carbocycles. The predicted octanol–water partition coefficient (Wildman–Crippen LogP) is 11.1. The molecule has 0 atom stereocenters. The third kappa shape index (κ3) is 7.14. The van der Waals surface area contributed by atoms with Crippen LogP contribution in [0, 0.1) is 31.4 Å². The summed E-state index contributed by atoms with van der Waals surface area (Å²) in [6.07, 6.45) is 8.15. The number of pyridine rings is 1. The molecule has 250 valence electrons. The predicted molar refractivity (Wildman–Crippen MR) is 197 cm³/mol. The minimum absolute atomic E-state index is 0. The van der Waals surface area contributed by atoms with Crippen LogP contribution < -0.4 is 4.74 Å². The van der Waals surface area contributed by atoms with E-state index in [1.807, 2.05) is 41.3 Å². The molecule has 0 amide bonds. The first-order valence-corrected chi connectivity index (χ1v) is 16.8. The van der Waals surface area contributed by atoms with Gasteiger partial charge in [-0.1, -0.05) is 70.5 Å². The van der Waals surface area contributed by atoms with Crippen molar-refractivity contribution in [2.45, 2.75) is 67.2 Å². The molecular weight excluding hydrogens is 784 g/mol. The fraction of sp³-hybridized carbons (Fsp3) is 0.256. The number of aryl methyl sites for hydroxylation is 3. The Balaban J connectivity index is 0.00000417. The van der Waals surface area contributed by atoms with Crippen molar-refractivity contribution in [2.75, 3.05) is 0 Å². The molecule has 0 saturated heterocycles. The smallest absolute Gasteiger partial charge is 0.509 e. The van der Waals surface area contributed by atoms with Crippen molar-refractivity contribution in [3.05, 3.63) is 132 Å². The van der Waals surface area contributed by atoms with Gasteiger partial charge in [0.2, 0.25) is 0 Å². The Morgan fingerprint density at radius 1 is 0.837 bits per heavy atom. The number of hydrogen-bond donors (Lipinski definition) is 0. The first-order chi connectivity index (χ1) is 23.0. The Morgan fingerprint density at radius 2 is 1.59 bits per heavy atom. The number of fused-ring (bicyclic) bond motifs is 3. The molecule has 0 bridgehead atoms. The molecule has 49 heavy (non-hydrogen) atoms. The molecule has 0 aliphatic carbocycles. The normalized spacial score (nSPS) is 11.8. The molecule has 4 aromatic carbocycles. The van der Waals surface area contributed by atoms with Gasteiger partial charge in [-0.15, -0.1) is 35.7 Å². The molecule has 0 unspecified atom stereocenters. The first-order valence-electron chi connectivity index (χ1n) is 16.8. The number of hydrogen-bond acceptors (Lipinski definition) is 3. The van der Waals surface area contributed by atoms with Crippen LogP contribution in [0.2, 0.25) is 0 Å². The molecule has 5 nitrogen and oxygen atoms in total. The van der Waals surface area contributed by atoms with Crippen LogP contribution in [0.25, 0.3) is 44.4 Å². The standard InChI is InChI=1S/C43H42N4O.Pt/c1-28(2)32-18-20-44-41(23-32)47-39-14-9-8-13-37(39)38-16-15-36(25-40(38)47)48-35-12-10-11-34(24-35)46-27-33(26-45-46)42-29(3)21-31(22-30(42)4)17-19-43(5,6)7;/h8-16,18,20-23,26-28H,17,19H2,1-7H3;/q-2;+2. The van der Waals surface area contributed by atoms with E-state index < -0.39 is 0 Å². The molecule has 7 rings (SSSR count). The van der Waals surface area contributed by atoms with Crippen molar-refractivity contribution in [2.24, 2.45) is 5.41 Å². The molecule has 0 N–H and O–H groups in total. The van der Waals surface area contributed by atoms with E-state index in [4.69, 9.17) is 14.8 Å². The molecule has 6 heteroatoms. The van der Waals surface area contributed by atoms with Crippen LogP contribution in [-0.4, -0.2) is 19.3 Å². The fourth-order valence-electron chi connectivity index (χ4n) is 6.59. The summed E-state index contributed by atoms with van der Waals surface area (Å²) in [5.41, 5.74) is 10.6. The first kappa shape index (κ1) is 34.4. The SMILES string of the molecule is Cc1cc(CCC(C)(C)C)cc(C)c1-c1cnn(-c2[c-]c(Oc3[c-]c4c(cc3)c3ccccc3n4-c3cc(C(C)C)ccn3)ccc2)c1.[Pt+2]. The van der Waals surface area contributed by atoms with Gasteiger partial charge in [0.05, 0.1) is 6.20 Å². The second kappa shape index (κ2) is 13.8. The van der Waals surface area contributed by atoms with E-state index in [2.05, 4.69) is 126 Å². The van der Waals surface area contributed by atoms with Gasteiger partial charge >= 0.3 is 21.1 Å². The van der Waals surface area contributed by atoms with Gasteiger partial charge in [0, 0.05) is 35.0 Å². The Labute approximate surface area is 304 Å². The number of aromatic nitrogens is 4. The Kier molecular flexibility index (Phi) is 9.69. The van der Waals surface area contributed by atoms with Crippen molar-refractivity contribution in [3.63, 3.8) is 0 Å². The summed E-state index contributed by atoms with van der Waals surface area (Å²) in [7, 11) is 0. The summed E-state index contributed by atoms with van der Waals surface area (Å²) in [4.78, 5) is 4.77. The van der Waals surface area contributed by atoms with Crippen molar-refractivity contribution >= 4 is 21.8 Å². The molecular formula is C43H42N4OPt. The minimum atomic E-state index is 0. The van der Waals surface area contributed by atoms with E-state index in [0.29, 0.717) is 22.8 Å². The number of ether oxygens (including phenoxy) is 1. The van der Waals surface area contributed by atoms with Gasteiger partial charge in [-0.25, -0.2) is 4.98 Å². The maximum atomic E-state index is 6.40. The summed E-state index contributed by atoms with van der Waals surface area (Å²) in [6, 6.07) is 34.3. The van der Waals surface area contributed by atoms with Gasteiger partial charge < -0.3 is 9.30 Å². The zero-order chi connectivity index (χ0) is 33.6. The number of nitrogens with zero attached hydrogens (tertiary/aromatic N) is 4. The van der Waals surface area contributed by atoms with E-state index in [-0.39, 0.29) is 21.1 Å². The quantitative estimate of drug-likeness (QED) is 0.143. The van der Waals surface area contributed by atoms with Crippen LogP contribution in [0.4, 0.5) is 0 Å². The zero-order valence-electron chi connectivity index (χ0n) is 29.2. The molecule has 7 aromatic rings. The molecule has 3 aromatic heterocycles. The Hall–Kier alpha value is -4.47. The summed E-state index contributed by atoms with van der Waals surface area (Å²) in [5.74, 6) is 2.47. The average molecular weight is 826 g/mol. The van der Waals surface area contributed by atoms with E-state index >= 15 is 0 Å². The van der Waals surface area contributed by atoms with Gasteiger partial charge in [-0.2, -0.15) is 17.2 Å². The Morgan fingerprint density at radius 3 is 2.35 bits per heavy atom. The topological polar surface area (TPSA) is 44.9 Å². The molecule has 0 spiro atoms. The van der Waals surface area contributed by atoms with E-state index in [9.17, 15) is 0 Å². The molecule has 3 heterocycles. The molecule has 0 aliphatic rings. The maximum Gasteiger partial charge on any atom is 2.00 e. The summed E-state index contributed by atoms with van der Waals surface area (Å²) in [5, 5.41) is 6.98. The maximum absolute atomic E-state index is 6.40. The van der Waals surface area contributed by atoms with E-state index in [1.54, 1.807) is 0 Å². The third-order valence-corrected chi connectivity index (χ3v) is 9.07. The minimum Gasteiger partial charge on any atom is -0.509 e. The van der Waals surface area contributed by atoms with Gasteiger partial charge in [-0.05, 0) is 95.1 Å². The summed E-state index contributed by atoms with van der Waals surface area (Å²) < 4.78 is 10.4. The van der Waals surface area contributed by atoms with Gasteiger partial charge in [0.1, 0.15) is 5.82 Å². The van der Waals surface area contributed by atoms with Crippen LogP contribution in [-0.2, 0) is 27.5 Å². The van der Waals surface area contributed by atoms with Crippen molar-refractivity contribution in [3.8, 4) is 34.1 Å². The van der Waals surface area contributed by atoms with Crippen LogP contribution in [0.3, 0.4) is 0 Å². The van der Waals surface area contributed by atoms with Crippen LogP contribution in [0.15, 0.2) is 97.5 Å². The summed E-state index contributed by atoms with van der Waals surface area (Å²) >= 11 is 0.